The van der Waals surface area contributed by atoms with E-state index in [1.165, 1.54) is 12.8 Å². The second kappa shape index (κ2) is 5.36. The maximum Gasteiger partial charge on any atom is 0.229 e. The first-order valence-electron chi connectivity index (χ1n) is 7.68. The van der Waals surface area contributed by atoms with Crippen LogP contribution in [0.25, 0.3) is 11.0 Å². The van der Waals surface area contributed by atoms with E-state index in [2.05, 4.69) is 26.3 Å². The van der Waals surface area contributed by atoms with Gasteiger partial charge in [-0.3, -0.25) is 0 Å². The van der Waals surface area contributed by atoms with Crippen molar-refractivity contribution in [2.75, 3.05) is 23.3 Å². The summed E-state index contributed by atoms with van der Waals surface area (Å²) in [5.74, 6) is 2.54. The van der Waals surface area contributed by atoms with E-state index in [-0.39, 0.29) is 0 Å². The van der Waals surface area contributed by atoms with Crippen molar-refractivity contribution in [1.82, 2.24) is 15.0 Å². The van der Waals surface area contributed by atoms with Crippen molar-refractivity contribution >= 4 is 22.8 Å². The number of fused-ring (bicyclic) bond motifs is 1. The van der Waals surface area contributed by atoms with Gasteiger partial charge in [0.1, 0.15) is 17.2 Å². The molecular weight excluding hydrogens is 278 g/mol. The van der Waals surface area contributed by atoms with Gasteiger partial charge in [0.15, 0.2) is 0 Å². The van der Waals surface area contributed by atoms with Crippen molar-refractivity contribution in [3.63, 3.8) is 0 Å². The van der Waals surface area contributed by atoms with Gasteiger partial charge in [-0.25, -0.2) is 0 Å². The van der Waals surface area contributed by atoms with Crippen molar-refractivity contribution in [1.29, 1.82) is 0 Å². The normalized spacial score (nSPS) is 14.9. The van der Waals surface area contributed by atoms with Crippen LogP contribution in [0.5, 0.6) is 0 Å². The lowest BCUT2D eigenvalue weighted by Gasteiger charge is -2.16. The SMILES string of the molecule is Cc1cc2c(NCc3ccco3)nc(N3CCCC3)nc2[nH]1. The van der Waals surface area contributed by atoms with Crippen LogP contribution in [0.15, 0.2) is 28.9 Å². The number of anilines is 2. The lowest BCUT2D eigenvalue weighted by Crippen LogP contribution is -2.21. The monoisotopic (exact) mass is 297 g/mol. The Balaban J connectivity index is 1.70. The molecule has 0 unspecified atom stereocenters. The van der Waals surface area contributed by atoms with Crippen LogP contribution >= 0.6 is 0 Å². The minimum absolute atomic E-state index is 0.614. The van der Waals surface area contributed by atoms with E-state index in [0.29, 0.717) is 6.54 Å². The minimum atomic E-state index is 0.614. The fraction of sp³-hybridized carbons (Fsp3) is 0.375. The summed E-state index contributed by atoms with van der Waals surface area (Å²) >= 11 is 0. The summed E-state index contributed by atoms with van der Waals surface area (Å²) in [5, 5.41) is 4.40. The van der Waals surface area contributed by atoms with E-state index >= 15 is 0 Å². The Hall–Kier alpha value is -2.50. The molecular formula is C16H19N5O. The summed E-state index contributed by atoms with van der Waals surface area (Å²) in [6.07, 6.45) is 4.10. The largest absolute Gasteiger partial charge is 0.467 e. The number of hydrogen-bond acceptors (Lipinski definition) is 5. The van der Waals surface area contributed by atoms with Crippen molar-refractivity contribution in [2.24, 2.45) is 0 Å². The zero-order chi connectivity index (χ0) is 14.9. The topological polar surface area (TPSA) is 70.0 Å². The molecule has 4 heterocycles. The van der Waals surface area contributed by atoms with Crippen molar-refractivity contribution in [3.8, 4) is 0 Å². The molecule has 0 radical (unpaired) electrons. The Morgan fingerprint density at radius 2 is 2.18 bits per heavy atom. The fourth-order valence-corrected chi connectivity index (χ4v) is 2.91. The maximum atomic E-state index is 5.38. The predicted octanol–water partition coefficient (Wildman–Crippen LogP) is 3.07. The molecule has 2 N–H and O–H groups in total. The minimum Gasteiger partial charge on any atom is -0.467 e. The predicted molar refractivity (Wildman–Crippen MR) is 86.1 cm³/mol. The molecule has 1 aliphatic rings. The molecule has 0 saturated carbocycles. The molecule has 0 amide bonds. The summed E-state index contributed by atoms with van der Waals surface area (Å²) in [6.45, 7) is 4.71. The molecule has 6 heteroatoms. The molecule has 22 heavy (non-hydrogen) atoms. The Morgan fingerprint density at radius 1 is 1.32 bits per heavy atom. The van der Waals surface area contributed by atoms with Crippen LogP contribution in [-0.2, 0) is 6.54 Å². The van der Waals surface area contributed by atoms with Crippen LogP contribution in [0, 0.1) is 6.92 Å². The average molecular weight is 297 g/mol. The highest BCUT2D eigenvalue weighted by molar-refractivity contribution is 5.89. The standard InChI is InChI=1S/C16H19N5O/c1-11-9-13-14(17-10-12-5-4-8-22-12)19-16(20-15(13)18-11)21-6-2-3-7-21/h4-5,8-9H,2-3,6-7,10H2,1H3,(H2,17,18,19,20). The van der Waals surface area contributed by atoms with Crippen molar-refractivity contribution < 1.29 is 4.42 Å². The second-order valence-corrected chi connectivity index (χ2v) is 5.71. The first-order chi connectivity index (χ1) is 10.8. The number of aryl methyl sites for hydroxylation is 1. The summed E-state index contributed by atoms with van der Waals surface area (Å²) in [6, 6.07) is 5.92. The van der Waals surface area contributed by atoms with E-state index in [1.54, 1.807) is 6.26 Å². The van der Waals surface area contributed by atoms with Gasteiger partial charge in [-0.1, -0.05) is 0 Å². The molecule has 0 spiro atoms. The van der Waals surface area contributed by atoms with Gasteiger partial charge >= 0.3 is 0 Å². The van der Waals surface area contributed by atoms with Crippen LogP contribution in [0.1, 0.15) is 24.3 Å². The molecule has 0 aliphatic carbocycles. The van der Waals surface area contributed by atoms with Gasteiger partial charge in [0, 0.05) is 18.8 Å². The number of nitrogens with zero attached hydrogens (tertiary/aromatic N) is 3. The third-order valence-electron chi connectivity index (χ3n) is 4.01. The Labute approximate surface area is 128 Å². The summed E-state index contributed by atoms with van der Waals surface area (Å²) in [4.78, 5) is 15.0. The Bertz CT molecular complexity index is 771. The van der Waals surface area contributed by atoms with E-state index in [4.69, 9.17) is 9.40 Å². The van der Waals surface area contributed by atoms with Gasteiger partial charge in [0.2, 0.25) is 5.95 Å². The lowest BCUT2D eigenvalue weighted by molar-refractivity contribution is 0.518. The van der Waals surface area contributed by atoms with Gasteiger partial charge < -0.3 is 19.6 Å². The Morgan fingerprint density at radius 3 is 2.95 bits per heavy atom. The number of rotatable bonds is 4. The Kier molecular flexibility index (Phi) is 3.21. The van der Waals surface area contributed by atoms with Crippen LogP contribution in [0.3, 0.4) is 0 Å². The number of furan rings is 1. The molecule has 3 aromatic rings. The molecule has 114 valence electrons. The molecule has 6 nitrogen and oxygen atoms in total. The zero-order valence-electron chi connectivity index (χ0n) is 12.6. The number of aromatic nitrogens is 3. The van der Waals surface area contributed by atoms with Gasteiger partial charge in [-0.15, -0.1) is 0 Å². The fourth-order valence-electron chi connectivity index (χ4n) is 2.91. The summed E-state index contributed by atoms with van der Waals surface area (Å²) in [7, 11) is 0. The van der Waals surface area contributed by atoms with Crippen molar-refractivity contribution in [3.05, 3.63) is 35.9 Å². The number of nitrogens with one attached hydrogen (secondary N) is 2. The van der Waals surface area contributed by atoms with E-state index in [0.717, 1.165) is 47.3 Å². The summed E-state index contributed by atoms with van der Waals surface area (Å²) < 4.78 is 5.38. The molecule has 0 aromatic carbocycles. The molecule has 0 atom stereocenters. The maximum absolute atomic E-state index is 5.38. The summed E-state index contributed by atoms with van der Waals surface area (Å²) in [5.41, 5.74) is 1.97. The average Bonchev–Trinajstić information content (AvgIpc) is 3.25. The molecule has 1 fully saturated rings. The van der Waals surface area contributed by atoms with Crippen LogP contribution in [0.4, 0.5) is 11.8 Å². The quantitative estimate of drug-likeness (QED) is 0.774. The highest BCUT2D eigenvalue weighted by atomic mass is 16.3. The number of H-pyrrole nitrogens is 1. The van der Waals surface area contributed by atoms with Gasteiger partial charge in [-0.2, -0.15) is 9.97 Å². The molecule has 0 bridgehead atoms. The van der Waals surface area contributed by atoms with Gasteiger partial charge in [0.05, 0.1) is 18.2 Å². The lowest BCUT2D eigenvalue weighted by atomic mass is 10.3. The smallest absolute Gasteiger partial charge is 0.229 e. The number of hydrogen-bond donors (Lipinski definition) is 2. The molecule has 1 aliphatic heterocycles. The molecule has 4 rings (SSSR count). The van der Waals surface area contributed by atoms with Crippen molar-refractivity contribution in [2.45, 2.75) is 26.3 Å². The highest BCUT2D eigenvalue weighted by Gasteiger charge is 2.18. The second-order valence-electron chi connectivity index (χ2n) is 5.71. The zero-order valence-corrected chi connectivity index (χ0v) is 12.6. The van der Waals surface area contributed by atoms with Gasteiger partial charge in [-0.05, 0) is 38.0 Å². The van der Waals surface area contributed by atoms with E-state index < -0.39 is 0 Å². The molecule has 1 saturated heterocycles. The third-order valence-corrected chi connectivity index (χ3v) is 4.01. The van der Waals surface area contributed by atoms with E-state index in [9.17, 15) is 0 Å². The molecule has 3 aromatic heterocycles. The third kappa shape index (κ3) is 2.41. The first kappa shape index (κ1) is 13.2. The van der Waals surface area contributed by atoms with Crippen LogP contribution in [0.2, 0.25) is 0 Å². The van der Waals surface area contributed by atoms with Crippen LogP contribution in [-0.4, -0.2) is 28.0 Å². The number of aromatic amines is 1. The van der Waals surface area contributed by atoms with Gasteiger partial charge in [0.25, 0.3) is 0 Å². The highest BCUT2D eigenvalue weighted by Crippen LogP contribution is 2.26. The van der Waals surface area contributed by atoms with Crippen LogP contribution < -0.4 is 10.2 Å². The van der Waals surface area contributed by atoms with E-state index in [1.807, 2.05) is 19.1 Å². The first-order valence-corrected chi connectivity index (χ1v) is 7.68.